The topological polar surface area (TPSA) is 102 Å². The molecule has 0 bridgehead atoms. The Balaban J connectivity index is 2.70. The number of primary amides is 1. The molecule has 0 aliphatic rings. The van der Waals surface area contributed by atoms with E-state index in [0.717, 1.165) is 24.3 Å². The maximum Gasteiger partial charge on any atom is 0.420 e. The standard InChI is InChI=1S/C22H36N2O4/c1-6-16(14(2)3)8-7-9-19(15(4)5)20(25)17-10-12-18(13-11-17)24-22(27)28-21(23)26/h10-16,19-20,25H,6-9H2,1-5H3,(H2,23,26)(H,24,27). The van der Waals surface area contributed by atoms with E-state index in [4.69, 9.17) is 5.73 Å². The Morgan fingerprint density at radius 1 is 1.07 bits per heavy atom. The number of nitrogens with two attached hydrogens (primary N) is 1. The fourth-order valence-electron chi connectivity index (χ4n) is 3.73. The minimum absolute atomic E-state index is 0.170. The molecule has 3 atom stereocenters. The Labute approximate surface area is 168 Å². The van der Waals surface area contributed by atoms with Crippen LogP contribution in [-0.4, -0.2) is 17.3 Å². The lowest BCUT2D eigenvalue weighted by Crippen LogP contribution is -2.22. The van der Waals surface area contributed by atoms with Crippen LogP contribution < -0.4 is 11.1 Å². The molecule has 4 N–H and O–H groups in total. The molecule has 1 rings (SSSR count). The van der Waals surface area contributed by atoms with Crippen molar-refractivity contribution in [2.24, 2.45) is 29.4 Å². The van der Waals surface area contributed by atoms with Gasteiger partial charge in [-0.25, -0.2) is 9.59 Å². The number of aliphatic hydroxyl groups excluding tert-OH is 1. The summed E-state index contributed by atoms with van der Waals surface area (Å²) in [6, 6.07) is 6.90. The van der Waals surface area contributed by atoms with E-state index in [1.54, 1.807) is 24.3 Å². The van der Waals surface area contributed by atoms with Gasteiger partial charge < -0.3 is 15.6 Å². The van der Waals surface area contributed by atoms with Crippen LogP contribution in [0.2, 0.25) is 0 Å². The predicted molar refractivity (Wildman–Crippen MR) is 112 cm³/mol. The molecular formula is C22H36N2O4. The zero-order chi connectivity index (χ0) is 21.3. The lowest BCUT2D eigenvalue weighted by atomic mass is 9.80. The van der Waals surface area contributed by atoms with E-state index in [1.165, 1.54) is 12.8 Å². The van der Waals surface area contributed by atoms with Crippen LogP contribution in [0.15, 0.2) is 24.3 Å². The number of aliphatic hydroxyl groups is 1. The molecule has 2 amide bonds. The summed E-state index contributed by atoms with van der Waals surface area (Å²) < 4.78 is 4.23. The first-order valence-electron chi connectivity index (χ1n) is 10.2. The molecule has 0 fully saturated rings. The average Bonchev–Trinajstić information content (AvgIpc) is 2.60. The molecule has 0 saturated heterocycles. The maximum atomic E-state index is 11.4. The van der Waals surface area contributed by atoms with Crippen LogP contribution in [0, 0.1) is 23.7 Å². The first-order chi connectivity index (χ1) is 13.1. The lowest BCUT2D eigenvalue weighted by Gasteiger charge is -2.28. The van der Waals surface area contributed by atoms with Crippen molar-refractivity contribution < 1.29 is 19.4 Å². The highest BCUT2D eigenvalue weighted by Crippen LogP contribution is 2.34. The van der Waals surface area contributed by atoms with E-state index in [9.17, 15) is 14.7 Å². The second-order valence-corrected chi connectivity index (χ2v) is 8.15. The van der Waals surface area contributed by atoms with Crippen molar-refractivity contribution in [3.63, 3.8) is 0 Å². The second kappa shape index (κ2) is 11.7. The Hall–Kier alpha value is -2.08. The number of hydrogen-bond acceptors (Lipinski definition) is 4. The van der Waals surface area contributed by atoms with Gasteiger partial charge >= 0.3 is 12.2 Å². The number of rotatable bonds is 10. The normalized spacial score (nSPS) is 14.6. The smallest absolute Gasteiger partial charge is 0.388 e. The summed E-state index contributed by atoms with van der Waals surface area (Å²) in [5.74, 6) is 1.95. The van der Waals surface area contributed by atoms with Crippen LogP contribution in [0.1, 0.15) is 72.0 Å². The summed E-state index contributed by atoms with van der Waals surface area (Å²) in [6.45, 7) is 11.1. The molecule has 0 heterocycles. The monoisotopic (exact) mass is 392 g/mol. The average molecular weight is 393 g/mol. The zero-order valence-corrected chi connectivity index (χ0v) is 17.8. The quantitative estimate of drug-likeness (QED) is 0.459. The van der Waals surface area contributed by atoms with Crippen molar-refractivity contribution in [3.8, 4) is 0 Å². The fraction of sp³-hybridized carbons (Fsp3) is 0.636. The molecule has 1 aromatic carbocycles. The van der Waals surface area contributed by atoms with E-state index in [1.807, 2.05) is 0 Å². The van der Waals surface area contributed by atoms with Crippen LogP contribution >= 0.6 is 0 Å². The Morgan fingerprint density at radius 3 is 2.14 bits per heavy atom. The first kappa shape index (κ1) is 24.0. The SMILES string of the molecule is CCC(CCCC(C(C)C)C(O)c1ccc(NC(=O)OC(N)=O)cc1)C(C)C. The zero-order valence-electron chi connectivity index (χ0n) is 17.8. The van der Waals surface area contributed by atoms with E-state index in [0.29, 0.717) is 17.5 Å². The first-order valence-corrected chi connectivity index (χ1v) is 10.2. The molecule has 28 heavy (non-hydrogen) atoms. The molecule has 0 aromatic heterocycles. The van der Waals surface area contributed by atoms with Gasteiger partial charge in [0.25, 0.3) is 0 Å². The minimum Gasteiger partial charge on any atom is -0.388 e. The third-order valence-corrected chi connectivity index (χ3v) is 5.53. The fourth-order valence-corrected chi connectivity index (χ4v) is 3.73. The molecule has 0 saturated carbocycles. The summed E-state index contributed by atoms with van der Waals surface area (Å²) in [7, 11) is 0. The third-order valence-electron chi connectivity index (χ3n) is 5.53. The van der Waals surface area contributed by atoms with E-state index in [2.05, 4.69) is 44.7 Å². The highest BCUT2D eigenvalue weighted by atomic mass is 16.6. The number of hydrogen-bond donors (Lipinski definition) is 3. The largest absolute Gasteiger partial charge is 0.420 e. The molecule has 3 unspecified atom stereocenters. The Kier molecular flexibility index (Phi) is 10.0. The minimum atomic E-state index is -1.16. The lowest BCUT2D eigenvalue weighted by molar-refractivity contribution is 0.0725. The summed E-state index contributed by atoms with van der Waals surface area (Å²) in [5.41, 5.74) is 6.07. The van der Waals surface area contributed by atoms with Crippen LogP contribution in [0.3, 0.4) is 0 Å². The van der Waals surface area contributed by atoms with E-state index in [-0.39, 0.29) is 5.92 Å². The maximum absolute atomic E-state index is 11.4. The van der Waals surface area contributed by atoms with Crippen molar-refractivity contribution in [1.29, 1.82) is 0 Å². The van der Waals surface area contributed by atoms with Crippen molar-refractivity contribution in [3.05, 3.63) is 29.8 Å². The second-order valence-electron chi connectivity index (χ2n) is 8.15. The highest BCUT2D eigenvalue weighted by molar-refractivity contribution is 5.91. The number of carbonyl (C=O) groups is 2. The van der Waals surface area contributed by atoms with Crippen LogP contribution in [0.4, 0.5) is 15.3 Å². The summed E-state index contributed by atoms with van der Waals surface area (Å²) >= 11 is 0. The van der Waals surface area contributed by atoms with E-state index < -0.39 is 18.3 Å². The van der Waals surface area contributed by atoms with Crippen LogP contribution in [-0.2, 0) is 4.74 Å². The van der Waals surface area contributed by atoms with Gasteiger partial charge in [-0.05, 0) is 47.8 Å². The number of nitrogens with one attached hydrogen (secondary N) is 1. The van der Waals surface area contributed by atoms with Gasteiger partial charge in [0.05, 0.1) is 6.10 Å². The van der Waals surface area contributed by atoms with Gasteiger partial charge in [-0.1, -0.05) is 66.0 Å². The highest BCUT2D eigenvalue weighted by Gasteiger charge is 2.24. The number of amides is 2. The molecule has 158 valence electrons. The van der Waals surface area contributed by atoms with Crippen LogP contribution in [0.5, 0.6) is 0 Å². The molecule has 6 nitrogen and oxygen atoms in total. The van der Waals surface area contributed by atoms with Gasteiger partial charge in [0.15, 0.2) is 0 Å². The predicted octanol–water partition coefficient (Wildman–Crippen LogP) is 5.47. The Bertz CT molecular complexity index is 613. The third kappa shape index (κ3) is 7.89. The molecular weight excluding hydrogens is 356 g/mol. The summed E-state index contributed by atoms with van der Waals surface area (Å²) in [5, 5.41) is 13.3. The van der Waals surface area contributed by atoms with Gasteiger partial charge in [-0.15, -0.1) is 0 Å². The van der Waals surface area contributed by atoms with Crippen molar-refractivity contribution in [2.45, 2.75) is 66.4 Å². The molecule has 6 heteroatoms. The van der Waals surface area contributed by atoms with Gasteiger partial charge in [-0.2, -0.15) is 0 Å². The molecule has 0 spiro atoms. The van der Waals surface area contributed by atoms with Gasteiger partial charge in [0.1, 0.15) is 0 Å². The number of carbonyl (C=O) groups excluding carboxylic acids is 2. The Morgan fingerprint density at radius 2 is 1.68 bits per heavy atom. The molecule has 0 radical (unpaired) electrons. The summed E-state index contributed by atoms with van der Waals surface area (Å²) in [6.07, 6.45) is 1.81. The summed E-state index contributed by atoms with van der Waals surface area (Å²) in [4.78, 5) is 22.0. The van der Waals surface area contributed by atoms with Crippen molar-refractivity contribution in [1.82, 2.24) is 0 Å². The number of ether oxygens (including phenoxy) is 1. The van der Waals surface area contributed by atoms with Gasteiger partial charge in [0, 0.05) is 5.69 Å². The number of anilines is 1. The molecule has 1 aromatic rings. The van der Waals surface area contributed by atoms with Gasteiger partial charge in [0.2, 0.25) is 0 Å². The molecule has 0 aliphatic carbocycles. The van der Waals surface area contributed by atoms with Crippen LogP contribution in [0.25, 0.3) is 0 Å². The van der Waals surface area contributed by atoms with Crippen molar-refractivity contribution in [2.75, 3.05) is 5.32 Å². The van der Waals surface area contributed by atoms with E-state index >= 15 is 0 Å². The van der Waals surface area contributed by atoms with Gasteiger partial charge in [-0.3, -0.25) is 5.32 Å². The molecule has 0 aliphatic heterocycles. The number of benzene rings is 1. The van der Waals surface area contributed by atoms with Crippen molar-refractivity contribution >= 4 is 17.9 Å².